The van der Waals surface area contributed by atoms with Gasteiger partial charge in [0.15, 0.2) is 0 Å². The van der Waals surface area contributed by atoms with Crippen LogP contribution in [0.3, 0.4) is 0 Å². The molecule has 4 rings (SSSR count). The first-order valence-electron chi connectivity index (χ1n) is 12.4. The summed E-state index contributed by atoms with van der Waals surface area (Å²) < 4.78 is 10.6. The van der Waals surface area contributed by atoms with Crippen LogP contribution in [0.15, 0.2) is 47.0 Å². The van der Waals surface area contributed by atoms with Gasteiger partial charge in [0.1, 0.15) is 12.3 Å². The van der Waals surface area contributed by atoms with Crippen molar-refractivity contribution in [1.82, 2.24) is 10.6 Å². The van der Waals surface area contributed by atoms with E-state index in [-0.39, 0.29) is 29.1 Å². The van der Waals surface area contributed by atoms with Gasteiger partial charge in [0.2, 0.25) is 0 Å². The van der Waals surface area contributed by atoms with Gasteiger partial charge < -0.3 is 25.0 Å². The minimum atomic E-state index is -0.823. The van der Waals surface area contributed by atoms with Crippen LogP contribution in [0.5, 0.6) is 0 Å². The summed E-state index contributed by atoms with van der Waals surface area (Å²) in [4.78, 5) is 52.1. The van der Waals surface area contributed by atoms with E-state index in [2.05, 4.69) is 24.5 Å². The number of nitrogens with zero attached hydrogens (tertiary/aromatic N) is 2. The largest absolute Gasteiger partial charge is 0.463 e. The van der Waals surface area contributed by atoms with Gasteiger partial charge in [-0.05, 0) is 48.8 Å². The highest BCUT2D eigenvalue weighted by molar-refractivity contribution is 7.10. The zero-order valence-electron chi connectivity index (χ0n) is 21.4. The molecule has 0 radical (unpaired) electrons. The maximum atomic E-state index is 12.9. The molecule has 1 aromatic carbocycles. The van der Waals surface area contributed by atoms with Crippen LogP contribution in [0, 0.1) is 22.0 Å². The first-order valence-corrected chi connectivity index (χ1v) is 13.3. The molecular weight excluding hydrogens is 512 g/mol. The Morgan fingerprint density at radius 2 is 1.89 bits per heavy atom. The molecule has 2 amide bonds. The second kappa shape index (κ2) is 11.6. The number of carbonyl (C=O) groups excluding carboxylic acids is 3. The van der Waals surface area contributed by atoms with Crippen molar-refractivity contribution >= 4 is 40.7 Å². The van der Waals surface area contributed by atoms with Crippen molar-refractivity contribution in [2.45, 2.75) is 33.2 Å². The summed E-state index contributed by atoms with van der Waals surface area (Å²) in [6, 6.07) is 6.50. The minimum absolute atomic E-state index is 0.00749. The number of hydrogen-bond acceptors (Lipinski definition) is 9. The molecule has 0 unspecified atom stereocenters. The van der Waals surface area contributed by atoms with Gasteiger partial charge in [-0.15, -0.1) is 11.3 Å². The van der Waals surface area contributed by atoms with E-state index in [9.17, 15) is 24.5 Å². The molecule has 1 saturated heterocycles. The summed E-state index contributed by atoms with van der Waals surface area (Å²) in [5.41, 5.74) is 0.478. The predicted octanol–water partition coefficient (Wildman–Crippen LogP) is 4.17. The van der Waals surface area contributed by atoms with E-state index in [0.29, 0.717) is 35.5 Å². The lowest BCUT2D eigenvalue weighted by Gasteiger charge is -2.36. The number of urea groups is 1. The first-order chi connectivity index (χ1) is 18.2. The summed E-state index contributed by atoms with van der Waals surface area (Å²) in [5, 5.41) is 18.9. The number of thiophene rings is 1. The number of piperidine rings is 1. The molecule has 2 N–H and O–H groups in total. The average molecular weight is 543 g/mol. The molecule has 3 heterocycles. The molecule has 0 aliphatic carbocycles. The lowest BCUT2D eigenvalue weighted by Crippen LogP contribution is -2.46. The van der Waals surface area contributed by atoms with Crippen molar-refractivity contribution < 1.29 is 28.8 Å². The van der Waals surface area contributed by atoms with Crippen LogP contribution >= 0.6 is 11.3 Å². The Bertz CT molecular complexity index is 1250. The van der Waals surface area contributed by atoms with Gasteiger partial charge in [0.25, 0.3) is 5.69 Å². The van der Waals surface area contributed by atoms with Gasteiger partial charge in [-0.3, -0.25) is 10.1 Å². The van der Waals surface area contributed by atoms with Crippen LogP contribution in [0.1, 0.15) is 48.5 Å². The lowest BCUT2D eigenvalue weighted by atomic mass is 9.91. The molecule has 12 heteroatoms. The molecule has 0 spiro atoms. The van der Waals surface area contributed by atoms with Crippen molar-refractivity contribution in [1.29, 1.82) is 0 Å². The van der Waals surface area contributed by atoms with E-state index in [4.69, 9.17) is 9.47 Å². The van der Waals surface area contributed by atoms with E-state index in [1.807, 2.05) is 10.3 Å². The number of ether oxygens (including phenoxy) is 2. The normalized spacial score (nSPS) is 21.4. The quantitative estimate of drug-likeness (QED) is 0.288. The number of nitrogens with one attached hydrogen (secondary N) is 2. The zero-order chi connectivity index (χ0) is 27.4. The maximum absolute atomic E-state index is 12.9. The van der Waals surface area contributed by atoms with Gasteiger partial charge in [-0.1, -0.05) is 19.9 Å². The molecule has 0 saturated carbocycles. The molecule has 2 aliphatic heterocycles. The Balaban J connectivity index is 1.58. The van der Waals surface area contributed by atoms with Crippen molar-refractivity contribution in [3.05, 3.63) is 67.5 Å². The van der Waals surface area contributed by atoms with Gasteiger partial charge in [0, 0.05) is 24.0 Å². The zero-order valence-corrected chi connectivity index (χ0v) is 22.2. The summed E-state index contributed by atoms with van der Waals surface area (Å²) >= 11 is 1.35. The fourth-order valence-corrected chi connectivity index (χ4v) is 5.78. The molecule has 11 nitrogen and oxygen atoms in total. The number of anilines is 1. The van der Waals surface area contributed by atoms with E-state index in [1.165, 1.54) is 23.5 Å². The fraction of sp³-hybridized carbons (Fsp3) is 0.423. The van der Waals surface area contributed by atoms with Crippen LogP contribution < -0.4 is 15.5 Å². The second-order valence-electron chi connectivity index (χ2n) is 9.55. The molecule has 0 bridgehead atoms. The summed E-state index contributed by atoms with van der Waals surface area (Å²) in [6.45, 7) is 6.96. The number of benzene rings is 1. The summed E-state index contributed by atoms with van der Waals surface area (Å²) in [5.74, 6) is -0.697. The molecule has 3 atom stereocenters. The number of rotatable bonds is 8. The molecule has 202 valence electrons. The molecular formula is C26H30N4O7S. The topological polar surface area (TPSA) is 140 Å². The second-order valence-corrected chi connectivity index (χ2v) is 10.5. The first kappa shape index (κ1) is 27.1. The van der Waals surface area contributed by atoms with Gasteiger partial charge in [-0.25, -0.2) is 14.4 Å². The molecule has 38 heavy (non-hydrogen) atoms. The lowest BCUT2D eigenvalue weighted by molar-refractivity contribution is -0.384. The minimum Gasteiger partial charge on any atom is -0.463 e. The summed E-state index contributed by atoms with van der Waals surface area (Å²) in [7, 11) is 0. The standard InChI is InChI=1S/C26H30N4O7S/c1-4-36-25(32)22-18(27-26(33)28-23(22)21-6-5-9-38-21)14-37-24(31)17-7-8-19(20(11-17)30(34)35)29-12-15(2)10-16(3)13-29/h5-9,11,15-16,23H,4,10,12-14H2,1-3H3,(H2,27,28,33)/t15-,16-,23+/m0/s1. The van der Waals surface area contributed by atoms with Crippen molar-refractivity contribution in [3.63, 3.8) is 0 Å². The van der Waals surface area contributed by atoms with Crippen LogP contribution in [0.25, 0.3) is 0 Å². The highest BCUT2D eigenvalue weighted by Crippen LogP contribution is 2.34. The third-order valence-corrected chi connectivity index (χ3v) is 7.38. The third kappa shape index (κ3) is 5.96. The Hall–Kier alpha value is -3.93. The predicted molar refractivity (Wildman–Crippen MR) is 141 cm³/mol. The highest BCUT2D eigenvalue weighted by Gasteiger charge is 2.35. The van der Waals surface area contributed by atoms with Gasteiger partial charge >= 0.3 is 18.0 Å². The van der Waals surface area contributed by atoms with Crippen molar-refractivity contribution in [2.24, 2.45) is 11.8 Å². The Morgan fingerprint density at radius 1 is 1.16 bits per heavy atom. The number of esters is 2. The van der Waals surface area contributed by atoms with Gasteiger partial charge in [-0.2, -0.15) is 0 Å². The van der Waals surface area contributed by atoms with Crippen LogP contribution in [0.4, 0.5) is 16.2 Å². The monoisotopic (exact) mass is 542 g/mol. The number of nitro benzene ring substituents is 1. The van der Waals surface area contributed by atoms with E-state index in [1.54, 1.807) is 25.1 Å². The maximum Gasteiger partial charge on any atom is 0.338 e. The molecule has 2 aliphatic rings. The molecule has 1 aromatic heterocycles. The number of amides is 2. The summed E-state index contributed by atoms with van der Waals surface area (Å²) in [6.07, 6.45) is 1.05. The average Bonchev–Trinajstić information content (AvgIpc) is 3.41. The van der Waals surface area contributed by atoms with Crippen molar-refractivity contribution in [3.8, 4) is 0 Å². The van der Waals surface area contributed by atoms with E-state index >= 15 is 0 Å². The van der Waals surface area contributed by atoms with Crippen LogP contribution in [-0.4, -0.2) is 49.2 Å². The van der Waals surface area contributed by atoms with Gasteiger partial charge in [0.05, 0.1) is 34.4 Å². The number of carbonyl (C=O) groups is 3. The SMILES string of the molecule is CCOC(=O)C1=C(COC(=O)c2ccc(N3C[C@@H](C)C[C@H](C)C3)c([N+](=O)[O-])c2)NC(=O)N[C@@H]1c1cccs1. The number of hydrogen-bond donors (Lipinski definition) is 2. The Morgan fingerprint density at radius 3 is 2.53 bits per heavy atom. The number of nitro groups is 1. The molecule has 1 fully saturated rings. The fourth-order valence-electron chi connectivity index (χ4n) is 5.00. The third-order valence-electron chi connectivity index (χ3n) is 6.44. The van der Waals surface area contributed by atoms with E-state index < -0.39 is 35.5 Å². The van der Waals surface area contributed by atoms with Crippen LogP contribution in [0.2, 0.25) is 0 Å². The Kier molecular flexibility index (Phi) is 8.30. The highest BCUT2D eigenvalue weighted by atomic mass is 32.1. The van der Waals surface area contributed by atoms with Crippen LogP contribution in [-0.2, 0) is 14.3 Å². The van der Waals surface area contributed by atoms with Crippen molar-refractivity contribution in [2.75, 3.05) is 31.2 Å². The molecule has 2 aromatic rings. The Labute approximate surface area is 223 Å². The smallest absolute Gasteiger partial charge is 0.338 e. The van der Waals surface area contributed by atoms with E-state index in [0.717, 1.165) is 6.42 Å².